The van der Waals surface area contributed by atoms with E-state index >= 15 is 0 Å². The van der Waals surface area contributed by atoms with Crippen LogP contribution in [0.25, 0.3) is 0 Å². The molecule has 0 aliphatic heterocycles. The summed E-state index contributed by atoms with van der Waals surface area (Å²) in [4.78, 5) is 63.5. The van der Waals surface area contributed by atoms with Gasteiger partial charge in [0, 0.05) is 19.3 Å². The smallest absolute Gasteiger partial charge is 0.326 e. The zero-order valence-electron chi connectivity index (χ0n) is 24.4. The number of phenolic OH excluding ortho intramolecular Hbond substituents is 2. The van der Waals surface area contributed by atoms with Gasteiger partial charge in [0.05, 0.1) is 6.04 Å². The van der Waals surface area contributed by atoms with Gasteiger partial charge in [0.15, 0.2) is 0 Å². The minimum atomic E-state index is -1.36. The summed E-state index contributed by atoms with van der Waals surface area (Å²) in [5, 5.41) is 36.4. The molecule has 10 N–H and O–H groups in total. The van der Waals surface area contributed by atoms with Crippen molar-refractivity contribution in [3.05, 3.63) is 95.6 Å². The van der Waals surface area contributed by atoms with Crippen LogP contribution >= 0.6 is 0 Å². The fraction of sp³-hybridized carbons (Fsp3) is 0.281. The van der Waals surface area contributed by atoms with E-state index in [2.05, 4.69) is 16.0 Å². The highest BCUT2D eigenvalue weighted by atomic mass is 16.4. The summed E-state index contributed by atoms with van der Waals surface area (Å²) in [5.41, 5.74) is 13.2. The van der Waals surface area contributed by atoms with Crippen LogP contribution < -0.4 is 27.4 Å². The number of aliphatic carboxylic acids is 1. The first-order chi connectivity index (χ1) is 21.4. The quantitative estimate of drug-likeness (QED) is 0.110. The number of amides is 4. The predicted molar refractivity (Wildman–Crippen MR) is 164 cm³/mol. The maximum Gasteiger partial charge on any atom is 0.326 e. The molecule has 3 aromatic rings. The largest absolute Gasteiger partial charge is 0.508 e. The molecule has 0 fully saturated rings. The summed E-state index contributed by atoms with van der Waals surface area (Å²) < 4.78 is 0. The van der Waals surface area contributed by atoms with E-state index in [1.807, 2.05) is 0 Å². The Morgan fingerprint density at radius 3 is 1.58 bits per heavy atom. The molecule has 0 aromatic heterocycles. The first kappa shape index (κ1) is 34.1. The second kappa shape index (κ2) is 16.4. The van der Waals surface area contributed by atoms with Gasteiger partial charge in [0.2, 0.25) is 23.6 Å². The highest BCUT2D eigenvalue weighted by Gasteiger charge is 2.31. The molecule has 0 saturated carbocycles. The molecular weight excluding hydrogens is 582 g/mol. The maximum atomic E-state index is 13.5. The molecular formula is C32H37N5O8. The number of carboxylic acids is 1. The number of carboxylic acid groups (broad SMARTS) is 1. The summed E-state index contributed by atoms with van der Waals surface area (Å²) in [6.45, 7) is 0. The van der Waals surface area contributed by atoms with E-state index in [1.165, 1.54) is 36.4 Å². The molecule has 238 valence electrons. The lowest BCUT2D eigenvalue weighted by molar-refractivity contribution is -0.142. The molecule has 13 heteroatoms. The Morgan fingerprint density at radius 2 is 1.04 bits per heavy atom. The average Bonchev–Trinajstić information content (AvgIpc) is 3.00. The van der Waals surface area contributed by atoms with Gasteiger partial charge in [-0.3, -0.25) is 19.2 Å². The molecule has 0 aliphatic rings. The monoisotopic (exact) mass is 619 g/mol. The number of nitrogens with one attached hydrogen (secondary N) is 3. The lowest BCUT2D eigenvalue weighted by atomic mass is 10.0. The highest BCUT2D eigenvalue weighted by Crippen LogP contribution is 2.13. The molecule has 45 heavy (non-hydrogen) atoms. The van der Waals surface area contributed by atoms with Gasteiger partial charge in [-0.2, -0.15) is 0 Å². The molecule has 0 bridgehead atoms. The number of aromatic hydroxyl groups is 2. The fourth-order valence-corrected chi connectivity index (χ4v) is 4.48. The number of carbonyl (C=O) groups excluding carboxylic acids is 4. The predicted octanol–water partition coefficient (Wildman–Crippen LogP) is 0.258. The Morgan fingerprint density at radius 1 is 0.600 bits per heavy atom. The van der Waals surface area contributed by atoms with Crippen LogP contribution in [0.2, 0.25) is 0 Å². The number of primary amides is 1. The van der Waals surface area contributed by atoms with Crippen LogP contribution in [0, 0.1) is 0 Å². The van der Waals surface area contributed by atoms with Gasteiger partial charge in [0.1, 0.15) is 29.6 Å². The summed E-state index contributed by atoms with van der Waals surface area (Å²) in [6, 6.07) is 15.6. The Balaban J connectivity index is 1.78. The standard InChI is InChI=1S/C32H37N5O8/c33-24(16-20-6-10-22(38)11-7-20)29(41)35-25(14-15-28(34)40)30(42)36-26(17-19-4-2-1-3-5-19)31(43)37-27(32(44)45)18-21-8-12-23(39)13-9-21/h1-13,24-27,38-39H,14-18,33H2,(H2,34,40)(H,35,41)(H,36,42)(H,37,43)(H,44,45). The van der Waals surface area contributed by atoms with Crippen molar-refractivity contribution in [1.82, 2.24) is 16.0 Å². The van der Waals surface area contributed by atoms with Gasteiger partial charge in [-0.25, -0.2) is 4.79 Å². The van der Waals surface area contributed by atoms with Crippen molar-refractivity contribution in [1.29, 1.82) is 0 Å². The zero-order valence-corrected chi connectivity index (χ0v) is 24.4. The van der Waals surface area contributed by atoms with Crippen molar-refractivity contribution in [2.45, 2.75) is 56.3 Å². The second-order valence-electron chi connectivity index (χ2n) is 10.6. The number of rotatable bonds is 16. The van der Waals surface area contributed by atoms with Gasteiger partial charge in [-0.15, -0.1) is 0 Å². The summed E-state index contributed by atoms with van der Waals surface area (Å²) in [6.07, 6.45) is -0.455. The lowest BCUT2D eigenvalue weighted by Gasteiger charge is -2.25. The van der Waals surface area contributed by atoms with Crippen LogP contribution in [0.15, 0.2) is 78.9 Å². The van der Waals surface area contributed by atoms with Gasteiger partial charge in [-0.05, 0) is 53.8 Å². The number of phenols is 2. The minimum Gasteiger partial charge on any atom is -0.508 e. The molecule has 0 spiro atoms. The van der Waals surface area contributed by atoms with Gasteiger partial charge < -0.3 is 42.7 Å². The van der Waals surface area contributed by atoms with E-state index in [0.717, 1.165) is 0 Å². The van der Waals surface area contributed by atoms with Crippen molar-refractivity contribution in [3.8, 4) is 11.5 Å². The fourth-order valence-electron chi connectivity index (χ4n) is 4.48. The van der Waals surface area contributed by atoms with Crippen molar-refractivity contribution in [2.75, 3.05) is 0 Å². The number of hydrogen-bond acceptors (Lipinski definition) is 8. The van der Waals surface area contributed by atoms with Crippen molar-refractivity contribution < 1.29 is 39.3 Å². The van der Waals surface area contributed by atoms with Crippen LogP contribution in [0.3, 0.4) is 0 Å². The number of carbonyl (C=O) groups is 5. The Labute approximate surface area is 259 Å². The van der Waals surface area contributed by atoms with E-state index in [-0.39, 0.29) is 43.6 Å². The molecule has 0 saturated heterocycles. The first-order valence-corrected chi connectivity index (χ1v) is 14.2. The van der Waals surface area contributed by atoms with E-state index < -0.39 is 53.8 Å². The molecule has 4 amide bonds. The Hall–Kier alpha value is -5.43. The van der Waals surface area contributed by atoms with Crippen molar-refractivity contribution >= 4 is 29.6 Å². The highest BCUT2D eigenvalue weighted by molar-refractivity contribution is 5.94. The Kier molecular flexibility index (Phi) is 12.4. The third-order valence-electron chi connectivity index (χ3n) is 6.95. The molecule has 4 unspecified atom stereocenters. The van der Waals surface area contributed by atoms with Gasteiger partial charge >= 0.3 is 5.97 Å². The SMILES string of the molecule is NC(=O)CCC(NC(=O)C(N)Cc1ccc(O)cc1)C(=O)NC(Cc1ccccc1)C(=O)NC(Cc1ccc(O)cc1)C(=O)O. The number of benzene rings is 3. The lowest BCUT2D eigenvalue weighted by Crippen LogP contribution is -2.58. The molecule has 13 nitrogen and oxygen atoms in total. The average molecular weight is 620 g/mol. The van der Waals surface area contributed by atoms with Crippen LogP contribution in [0.4, 0.5) is 0 Å². The van der Waals surface area contributed by atoms with E-state index in [0.29, 0.717) is 16.7 Å². The molecule has 0 radical (unpaired) electrons. The molecule has 4 atom stereocenters. The van der Waals surface area contributed by atoms with Crippen LogP contribution in [0.1, 0.15) is 29.5 Å². The van der Waals surface area contributed by atoms with Crippen LogP contribution in [-0.4, -0.2) is 69.1 Å². The number of hydrogen-bond donors (Lipinski definition) is 8. The Bertz CT molecular complexity index is 1470. The summed E-state index contributed by atoms with van der Waals surface area (Å²) in [7, 11) is 0. The summed E-state index contributed by atoms with van der Waals surface area (Å²) in [5.74, 6) is -4.27. The van der Waals surface area contributed by atoms with E-state index in [1.54, 1.807) is 42.5 Å². The zero-order chi connectivity index (χ0) is 32.9. The van der Waals surface area contributed by atoms with Gasteiger partial charge in [0.25, 0.3) is 0 Å². The maximum absolute atomic E-state index is 13.5. The third kappa shape index (κ3) is 11.3. The topological polar surface area (TPSA) is 234 Å². The first-order valence-electron chi connectivity index (χ1n) is 14.2. The third-order valence-corrected chi connectivity index (χ3v) is 6.95. The van der Waals surface area contributed by atoms with Gasteiger partial charge in [-0.1, -0.05) is 54.6 Å². The molecule has 0 heterocycles. The second-order valence-corrected chi connectivity index (χ2v) is 10.6. The molecule has 3 aromatic carbocycles. The van der Waals surface area contributed by atoms with Crippen molar-refractivity contribution in [3.63, 3.8) is 0 Å². The number of nitrogens with two attached hydrogens (primary N) is 2. The molecule has 0 aliphatic carbocycles. The minimum absolute atomic E-state index is 0.000381. The summed E-state index contributed by atoms with van der Waals surface area (Å²) >= 11 is 0. The normalized spacial score (nSPS) is 13.4. The van der Waals surface area contributed by atoms with Crippen molar-refractivity contribution in [2.24, 2.45) is 11.5 Å². The van der Waals surface area contributed by atoms with E-state index in [9.17, 15) is 39.3 Å². The van der Waals surface area contributed by atoms with E-state index in [4.69, 9.17) is 11.5 Å². The molecule has 3 rings (SSSR count). The van der Waals surface area contributed by atoms with Crippen LogP contribution in [0.5, 0.6) is 11.5 Å². The van der Waals surface area contributed by atoms with Crippen LogP contribution in [-0.2, 0) is 43.2 Å².